The quantitative estimate of drug-likeness (QED) is 0.349. The monoisotopic (exact) mass is 526 g/mol. The van der Waals surface area contributed by atoms with Crippen LogP contribution >= 0.6 is 0 Å². The molecule has 0 atom stereocenters. The summed E-state index contributed by atoms with van der Waals surface area (Å²) in [6, 6.07) is 10.0. The molecule has 0 aliphatic rings. The third-order valence-electron chi connectivity index (χ3n) is 5.81. The highest BCUT2D eigenvalue weighted by molar-refractivity contribution is 7.90. The van der Waals surface area contributed by atoms with E-state index in [1.807, 2.05) is 13.8 Å². The molecule has 37 heavy (non-hydrogen) atoms. The SMILES string of the molecule is CCN(CC)C/C=C\c1c(F)cccc1S(=O)(=O)Cc1ccc(-c2ccoc2)c(OCC#N)c1C(=O)O. The van der Waals surface area contributed by atoms with Gasteiger partial charge in [-0.2, -0.15) is 5.26 Å². The molecule has 3 rings (SSSR count). The van der Waals surface area contributed by atoms with Gasteiger partial charge in [-0.05, 0) is 36.9 Å². The van der Waals surface area contributed by atoms with Gasteiger partial charge >= 0.3 is 5.97 Å². The Morgan fingerprint density at radius 3 is 2.59 bits per heavy atom. The van der Waals surface area contributed by atoms with E-state index >= 15 is 0 Å². The summed E-state index contributed by atoms with van der Waals surface area (Å²) in [7, 11) is -4.20. The Morgan fingerprint density at radius 1 is 1.22 bits per heavy atom. The van der Waals surface area contributed by atoms with Gasteiger partial charge in [0.25, 0.3) is 0 Å². The lowest BCUT2D eigenvalue weighted by Crippen LogP contribution is -2.22. The van der Waals surface area contributed by atoms with Crippen LogP contribution in [0.2, 0.25) is 0 Å². The molecule has 0 radical (unpaired) electrons. The summed E-state index contributed by atoms with van der Waals surface area (Å²) in [5.41, 5.74) is 0.272. The lowest BCUT2D eigenvalue weighted by molar-refractivity contribution is 0.0692. The lowest BCUT2D eigenvalue weighted by Gasteiger charge is -2.17. The first-order chi connectivity index (χ1) is 17.7. The molecule has 194 valence electrons. The van der Waals surface area contributed by atoms with E-state index in [0.29, 0.717) is 17.7 Å². The molecule has 0 amide bonds. The standard InChI is InChI=1S/C27H27FN2O6S/c1-3-30(4-2)14-6-7-22-23(28)8-5-9-24(22)37(33,34)18-20-10-11-21(19-12-15-35-17-19)26(36-16-13-29)25(20)27(31)32/h5-12,15,17H,3-4,14,16,18H2,1-2H3,(H,31,32)/b7-6-. The number of rotatable bonds is 12. The van der Waals surface area contributed by atoms with Crippen LogP contribution in [0.15, 0.2) is 64.3 Å². The summed E-state index contributed by atoms with van der Waals surface area (Å²) >= 11 is 0. The van der Waals surface area contributed by atoms with Crippen molar-refractivity contribution < 1.29 is 31.9 Å². The zero-order valence-electron chi connectivity index (χ0n) is 20.5. The van der Waals surface area contributed by atoms with E-state index in [1.165, 1.54) is 48.9 Å². The molecule has 0 saturated carbocycles. The Bertz CT molecular complexity index is 1420. The van der Waals surface area contributed by atoms with Gasteiger partial charge in [0, 0.05) is 23.2 Å². The maximum Gasteiger partial charge on any atom is 0.339 e. The van der Waals surface area contributed by atoms with Crippen molar-refractivity contribution in [3.8, 4) is 22.9 Å². The first kappa shape index (κ1) is 27.6. The number of ether oxygens (including phenoxy) is 1. The van der Waals surface area contributed by atoms with E-state index in [9.17, 15) is 22.7 Å². The van der Waals surface area contributed by atoms with E-state index in [2.05, 4.69) is 4.90 Å². The number of furan rings is 1. The summed E-state index contributed by atoms with van der Waals surface area (Å²) in [6.45, 7) is 5.61. The topological polar surface area (TPSA) is 121 Å². The second-order valence-electron chi connectivity index (χ2n) is 8.04. The second-order valence-corrected chi connectivity index (χ2v) is 10.00. The molecule has 1 N–H and O–H groups in total. The van der Waals surface area contributed by atoms with Gasteiger partial charge in [-0.1, -0.05) is 44.2 Å². The molecule has 1 aromatic heterocycles. The number of hydrogen-bond donors (Lipinski definition) is 1. The van der Waals surface area contributed by atoms with Crippen molar-refractivity contribution in [2.24, 2.45) is 0 Å². The van der Waals surface area contributed by atoms with Crippen LogP contribution in [-0.4, -0.2) is 50.6 Å². The molecular weight excluding hydrogens is 499 g/mol. The minimum absolute atomic E-state index is 0.0602. The molecule has 1 heterocycles. The third-order valence-corrected chi connectivity index (χ3v) is 7.52. The van der Waals surface area contributed by atoms with E-state index in [0.717, 1.165) is 13.1 Å². The maximum absolute atomic E-state index is 14.7. The molecule has 3 aromatic rings. The molecule has 0 bridgehead atoms. The first-order valence-electron chi connectivity index (χ1n) is 11.5. The van der Waals surface area contributed by atoms with Crippen LogP contribution in [-0.2, 0) is 15.6 Å². The highest BCUT2D eigenvalue weighted by Gasteiger charge is 2.27. The number of sulfone groups is 1. The van der Waals surface area contributed by atoms with Crippen LogP contribution in [0.5, 0.6) is 5.75 Å². The minimum Gasteiger partial charge on any atom is -0.478 e. The molecule has 8 nitrogen and oxygen atoms in total. The highest BCUT2D eigenvalue weighted by atomic mass is 32.2. The summed E-state index contributed by atoms with van der Waals surface area (Å²) in [5, 5.41) is 19.0. The minimum atomic E-state index is -4.20. The van der Waals surface area contributed by atoms with E-state index < -0.39 is 39.5 Å². The van der Waals surface area contributed by atoms with Crippen LogP contribution in [0.4, 0.5) is 4.39 Å². The van der Waals surface area contributed by atoms with Gasteiger partial charge in [0.1, 0.15) is 23.2 Å². The third kappa shape index (κ3) is 6.44. The molecule has 0 fully saturated rings. The summed E-state index contributed by atoms with van der Waals surface area (Å²) in [4.78, 5) is 14.1. The Kier molecular flexibility index (Phi) is 9.22. The Labute approximate surface area is 215 Å². The zero-order chi connectivity index (χ0) is 27.0. The van der Waals surface area contributed by atoms with Crippen molar-refractivity contribution in [2.45, 2.75) is 24.5 Å². The second kappa shape index (κ2) is 12.3. The van der Waals surface area contributed by atoms with Crippen molar-refractivity contribution in [1.82, 2.24) is 4.90 Å². The van der Waals surface area contributed by atoms with E-state index in [4.69, 9.17) is 14.4 Å². The Morgan fingerprint density at radius 2 is 1.97 bits per heavy atom. The van der Waals surface area contributed by atoms with Crippen molar-refractivity contribution in [2.75, 3.05) is 26.2 Å². The van der Waals surface area contributed by atoms with Gasteiger partial charge in [0.2, 0.25) is 0 Å². The number of nitrogens with zero attached hydrogens (tertiary/aromatic N) is 2. The Hall–Kier alpha value is -3.94. The largest absolute Gasteiger partial charge is 0.478 e. The number of benzene rings is 2. The number of aromatic carboxylic acids is 1. The molecule has 0 aliphatic carbocycles. The fraction of sp³-hybridized carbons (Fsp3) is 0.259. The van der Waals surface area contributed by atoms with Gasteiger partial charge in [-0.3, -0.25) is 0 Å². The number of carbonyl (C=O) groups is 1. The zero-order valence-corrected chi connectivity index (χ0v) is 21.3. The fourth-order valence-electron chi connectivity index (χ4n) is 3.91. The average Bonchev–Trinajstić information content (AvgIpc) is 3.40. The molecule has 0 unspecified atom stereocenters. The normalized spacial score (nSPS) is 11.6. The molecular formula is C27H27FN2O6S. The smallest absolute Gasteiger partial charge is 0.339 e. The maximum atomic E-state index is 14.7. The number of likely N-dealkylation sites (N-methyl/N-ethyl adjacent to an activating group) is 1. The summed E-state index contributed by atoms with van der Waals surface area (Å²) in [6.07, 6.45) is 5.89. The lowest BCUT2D eigenvalue weighted by atomic mass is 9.99. The summed E-state index contributed by atoms with van der Waals surface area (Å²) in [5.74, 6) is -3.00. The van der Waals surface area contributed by atoms with Crippen LogP contribution in [0, 0.1) is 17.1 Å². The molecule has 0 saturated heterocycles. The number of carboxylic acid groups (broad SMARTS) is 1. The van der Waals surface area contributed by atoms with E-state index in [1.54, 1.807) is 18.2 Å². The molecule has 0 spiro atoms. The van der Waals surface area contributed by atoms with Crippen molar-refractivity contribution in [1.29, 1.82) is 5.26 Å². The van der Waals surface area contributed by atoms with E-state index in [-0.39, 0.29) is 21.8 Å². The molecule has 2 aromatic carbocycles. The van der Waals surface area contributed by atoms with Gasteiger partial charge in [-0.15, -0.1) is 0 Å². The number of hydrogen-bond acceptors (Lipinski definition) is 7. The number of carboxylic acids is 1. The van der Waals surface area contributed by atoms with Crippen LogP contribution in [0.3, 0.4) is 0 Å². The molecule has 0 aliphatic heterocycles. The Balaban J connectivity index is 2.08. The fourth-order valence-corrected chi connectivity index (χ4v) is 5.50. The van der Waals surface area contributed by atoms with Crippen molar-refractivity contribution in [3.05, 3.63) is 77.5 Å². The van der Waals surface area contributed by atoms with Gasteiger partial charge in [0.05, 0.1) is 23.2 Å². The predicted octanol–water partition coefficient (Wildman–Crippen LogP) is 5.02. The summed E-state index contributed by atoms with van der Waals surface area (Å²) < 4.78 is 52.2. The van der Waals surface area contributed by atoms with Gasteiger partial charge < -0.3 is 19.2 Å². The average molecular weight is 527 g/mol. The predicted molar refractivity (Wildman–Crippen MR) is 136 cm³/mol. The van der Waals surface area contributed by atoms with Crippen LogP contribution in [0.25, 0.3) is 17.2 Å². The van der Waals surface area contributed by atoms with Crippen LogP contribution < -0.4 is 4.74 Å². The highest BCUT2D eigenvalue weighted by Crippen LogP contribution is 2.37. The number of halogens is 1. The molecule has 10 heteroatoms. The van der Waals surface area contributed by atoms with Gasteiger partial charge in [0.15, 0.2) is 16.4 Å². The van der Waals surface area contributed by atoms with Crippen molar-refractivity contribution >= 4 is 21.9 Å². The van der Waals surface area contributed by atoms with Crippen molar-refractivity contribution in [3.63, 3.8) is 0 Å². The first-order valence-corrected chi connectivity index (χ1v) is 13.2. The number of nitriles is 1. The van der Waals surface area contributed by atoms with Crippen LogP contribution in [0.1, 0.15) is 35.3 Å². The van der Waals surface area contributed by atoms with Gasteiger partial charge in [-0.25, -0.2) is 17.6 Å².